The van der Waals surface area contributed by atoms with E-state index in [1.165, 1.54) is 19.2 Å². The molecule has 2 amide bonds. The first kappa shape index (κ1) is 28.3. The van der Waals surface area contributed by atoms with Crippen LogP contribution in [0.2, 0.25) is 0 Å². The molecule has 0 heterocycles. The summed E-state index contributed by atoms with van der Waals surface area (Å²) in [5.74, 6) is -1.30. The molecule has 1 aliphatic rings. The highest BCUT2D eigenvalue weighted by Gasteiger charge is 2.38. The van der Waals surface area contributed by atoms with Crippen molar-refractivity contribution in [1.82, 2.24) is 5.32 Å². The maximum Gasteiger partial charge on any atom is 0.309 e. The van der Waals surface area contributed by atoms with Gasteiger partial charge in [-0.15, -0.1) is 6.58 Å². The second-order valence-electron chi connectivity index (χ2n) is 9.68. The van der Waals surface area contributed by atoms with Gasteiger partial charge < -0.3 is 25.2 Å². The van der Waals surface area contributed by atoms with Crippen LogP contribution in [0.4, 0.5) is 5.69 Å². The van der Waals surface area contributed by atoms with Crippen molar-refractivity contribution >= 4 is 23.5 Å². The molecular weight excluding hydrogens is 486 g/mol. The Morgan fingerprint density at radius 3 is 2.47 bits per heavy atom. The zero-order valence-electron chi connectivity index (χ0n) is 21.9. The highest BCUT2D eigenvalue weighted by Crippen LogP contribution is 2.39. The fourth-order valence-corrected chi connectivity index (χ4v) is 4.36. The molecule has 1 saturated carbocycles. The van der Waals surface area contributed by atoms with Gasteiger partial charge in [0.1, 0.15) is 17.6 Å². The summed E-state index contributed by atoms with van der Waals surface area (Å²) in [4.78, 5) is 37.7. The number of aliphatic carboxylic acids is 1. The minimum atomic E-state index is -0.832. The summed E-state index contributed by atoms with van der Waals surface area (Å²) in [5, 5.41) is 24.8. The summed E-state index contributed by atoms with van der Waals surface area (Å²) in [6.45, 7) is 7.63. The number of aryl methyl sites for hydroxylation is 1. The third-order valence-corrected chi connectivity index (χ3v) is 6.81. The average Bonchev–Trinajstić information content (AvgIpc) is 2.89. The van der Waals surface area contributed by atoms with Crippen molar-refractivity contribution in [2.75, 3.05) is 19.0 Å². The number of amides is 2. The maximum absolute atomic E-state index is 13.4. The van der Waals surface area contributed by atoms with Gasteiger partial charge in [0.15, 0.2) is 0 Å². The number of carbonyl (C=O) groups is 3. The van der Waals surface area contributed by atoms with Crippen LogP contribution in [0.15, 0.2) is 43.0 Å². The van der Waals surface area contributed by atoms with Crippen molar-refractivity contribution in [3.63, 3.8) is 0 Å². The molecule has 1 fully saturated rings. The maximum atomic E-state index is 13.4. The first-order valence-corrected chi connectivity index (χ1v) is 12.4. The van der Waals surface area contributed by atoms with Crippen LogP contribution in [0.3, 0.4) is 0 Å². The molecule has 0 saturated heterocycles. The molecular formula is C29H33N3O6. The molecule has 38 heavy (non-hydrogen) atoms. The predicted octanol–water partition coefficient (Wildman–Crippen LogP) is 4.85. The Balaban J connectivity index is 1.87. The number of nitrogens with zero attached hydrogens (tertiary/aromatic N) is 1. The third-order valence-electron chi connectivity index (χ3n) is 6.81. The van der Waals surface area contributed by atoms with Crippen LogP contribution in [0.1, 0.15) is 70.9 Å². The van der Waals surface area contributed by atoms with Crippen LogP contribution in [0.25, 0.3) is 0 Å². The highest BCUT2D eigenvalue weighted by atomic mass is 16.5. The van der Waals surface area contributed by atoms with Gasteiger partial charge in [-0.05, 0) is 69.7 Å². The lowest BCUT2D eigenvalue weighted by atomic mass is 9.75. The zero-order chi connectivity index (χ0) is 27.9. The van der Waals surface area contributed by atoms with Gasteiger partial charge in [0.25, 0.3) is 11.8 Å². The quantitative estimate of drug-likeness (QED) is 0.301. The zero-order valence-corrected chi connectivity index (χ0v) is 21.9. The number of nitriles is 1. The van der Waals surface area contributed by atoms with Gasteiger partial charge in [-0.25, -0.2) is 0 Å². The van der Waals surface area contributed by atoms with E-state index in [0.29, 0.717) is 49.9 Å². The van der Waals surface area contributed by atoms with Crippen LogP contribution in [-0.2, 0) is 4.79 Å². The molecule has 1 aliphatic carbocycles. The van der Waals surface area contributed by atoms with Gasteiger partial charge >= 0.3 is 5.97 Å². The number of hydrogen-bond acceptors (Lipinski definition) is 6. The van der Waals surface area contributed by atoms with Crippen molar-refractivity contribution in [2.45, 2.75) is 52.1 Å². The summed E-state index contributed by atoms with van der Waals surface area (Å²) < 4.78 is 11.5. The van der Waals surface area contributed by atoms with Gasteiger partial charge in [-0.2, -0.15) is 5.26 Å². The highest BCUT2D eigenvalue weighted by molar-refractivity contribution is 6.10. The molecule has 0 bridgehead atoms. The SMILES string of the molecule is C=CCCNC(=O)c1ccc(C)cc1NC(=O)c1cc(OC2CCC(C)(C(=O)O)CC2)c(C#N)cc1OC. The lowest BCUT2D eigenvalue weighted by Crippen LogP contribution is -2.36. The first-order chi connectivity index (χ1) is 18.1. The monoisotopic (exact) mass is 519 g/mol. The third kappa shape index (κ3) is 6.51. The van der Waals surface area contributed by atoms with E-state index in [9.17, 15) is 24.8 Å². The number of carboxylic acid groups (broad SMARTS) is 1. The van der Waals surface area contributed by atoms with Crippen LogP contribution >= 0.6 is 0 Å². The number of carboxylic acids is 1. The van der Waals surface area contributed by atoms with Crippen molar-refractivity contribution < 1.29 is 29.0 Å². The Kier molecular flexibility index (Phi) is 9.13. The van der Waals surface area contributed by atoms with E-state index in [2.05, 4.69) is 23.3 Å². The second kappa shape index (κ2) is 12.3. The summed E-state index contributed by atoms with van der Waals surface area (Å²) in [7, 11) is 1.40. The number of methoxy groups -OCH3 is 1. The number of benzene rings is 2. The average molecular weight is 520 g/mol. The molecule has 3 rings (SSSR count). The molecule has 2 aromatic carbocycles. The first-order valence-electron chi connectivity index (χ1n) is 12.4. The fourth-order valence-electron chi connectivity index (χ4n) is 4.36. The predicted molar refractivity (Wildman–Crippen MR) is 143 cm³/mol. The smallest absolute Gasteiger partial charge is 0.309 e. The van der Waals surface area contributed by atoms with Crippen LogP contribution < -0.4 is 20.1 Å². The summed E-state index contributed by atoms with van der Waals surface area (Å²) in [6, 6.07) is 10.1. The standard InChI is InChI=1S/C29H33N3O6/c1-5-6-13-31-26(33)21-8-7-18(2)14-23(21)32-27(34)22-16-24(19(17-30)15-25(22)37-4)38-20-9-11-29(3,12-10-20)28(35)36/h5,7-8,14-16,20H,1,6,9-13H2,2-4H3,(H,31,33)(H,32,34)(H,35,36). The molecule has 0 aromatic heterocycles. The molecule has 0 unspecified atom stereocenters. The van der Waals surface area contributed by atoms with E-state index in [1.807, 2.05) is 6.92 Å². The van der Waals surface area contributed by atoms with Crippen LogP contribution in [0, 0.1) is 23.7 Å². The number of nitrogens with one attached hydrogen (secondary N) is 2. The second-order valence-corrected chi connectivity index (χ2v) is 9.68. The van der Waals surface area contributed by atoms with Crippen molar-refractivity contribution in [3.05, 3.63) is 65.2 Å². The van der Waals surface area contributed by atoms with E-state index in [0.717, 1.165) is 5.56 Å². The Hall–Kier alpha value is -4.32. The number of rotatable bonds is 10. The Morgan fingerprint density at radius 2 is 1.87 bits per heavy atom. The Labute approximate surface area is 222 Å². The summed E-state index contributed by atoms with van der Waals surface area (Å²) in [6.07, 6.45) is 3.94. The van der Waals surface area contributed by atoms with Crippen LogP contribution in [-0.4, -0.2) is 42.6 Å². The van der Waals surface area contributed by atoms with E-state index in [4.69, 9.17) is 9.47 Å². The van der Waals surface area contributed by atoms with Gasteiger partial charge in [0, 0.05) is 12.6 Å². The molecule has 2 aromatic rings. The van der Waals surface area contributed by atoms with Crippen molar-refractivity contribution in [1.29, 1.82) is 5.26 Å². The summed E-state index contributed by atoms with van der Waals surface area (Å²) >= 11 is 0. The van der Waals surface area contributed by atoms with Crippen molar-refractivity contribution in [3.8, 4) is 17.6 Å². The molecule has 0 radical (unpaired) electrons. The number of hydrogen-bond donors (Lipinski definition) is 3. The lowest BCUT2D eigenvalue weighted by Gasteiger charge is -2.34. The van der Waals surface area contributed by atoms with E-state index >= 15 is 0 Å². The molecule has 0 atom stereocenters. The minimum absolute atomic E-state index is 0.132. The van der Waals surface area contributed by atoms with Gasteiger partial charge in [-0.1, -0.05) is 12.1 Å². The van der Waals surface area contributed by atoms with E-state index in [1.54, 1.807) is 31.2 Å². The van der Waals surface area contributed by atoms with E-state index in [-0.39, 0.29) is 34.6 Å². The molecule has 9 nitrogen and oxygen atoms in total. The van der Waals surface area contributed by atoms with Crippen LogP contribution in [0.5, 0.6) is 11.5 Å². The molecule has 0 spiro atoms. The Bertz CT molecular complexity index is 1270. The topological polar surface area (TPSA) is 138 Å². The lowest BCUT2D eigenvalue weighted by molar-refractivity contribution is -0.150. The molecule has 9 heteroatoms. The number of carbonyl (C=O) groups excluding carboxylic acids is 2. The van der Waals surface area contributed by atoms with Gasteiger partial charge in [0.05, 0.1) is 41.0 Å². The normalized spacial score (nSPS) is 18.5. The van der Waals surface area contributed by atoms with Gasteiger partial charge in [-0.3, -0.25) is 14.4 Å². The summed E-state index contributed by atoms with van der Waals surface area (Å²) in [5.41, 5.74) is 1.02. The van der Waals surface area contributed by atoms with Crippen molar-refractivity contribution in [2.24, 2.45) is 5.41 Å². The Morgan fingerprint density at radius 1 is 1.16 bits per heavy atom. The molecule has 200 valence electrons. The number of anilines is 1. The number of ether oxygens (including phenoxy) is 2. The minimum Gasteiger partial charge on any atom is -0.496 e. The fraction of sp³-hybridized carbons (Fsp3) is 0.379. The largest absolute Gasteiger partial charge is 0.496 e. The molecule has 3 N–H and O–H groups in total. The molecule has 0 aliphatic heterocycles. The van der Waals surface area contributed by atoms with E-state index < -0.39 is 17.3 Å². The van der Waals surface area contributed by atoms with Gasteiger partial charge in [0.2, 0.25) is 0 Å².